The number of carbonyl (C=O) groups excluding carboxylic acids is 1. The van der Waals surface area contributed by atoms with Crippen molar-refractivity contribution < 1.29 is 9.90 Å². The van der Waals surface area contributed by atoms with Crippen molar-refractivity contribution in [2.45, 2.75) is 19.4 Å². The van der Waals surface area contributed by atoms with Crippen molar-refractivity contribution in [1.29, 1.82) is 0 Å². The maximum atomic E-state index is 12.4. The van der Waals surface area contributed by atoms with Crippen LogP contribution in [0.25, 0.3) is 5.82 Å². The van der Waals surface area contributed by atoms with E-state index in [0.29, 0.717) is 41.1 Å². The molecule has 2 amide bonds. The Morgan fingerprint density at radius 1 is 1.06 bits per heavy atom. The van der Waals surface area contributed by atoms with Gasteiger partial charge in [-0.1, -0.05) is 29.8 Å². The first-order chi connectivity index (χ1) is 16.5. The van der Waals surface area contributed by atoms with Gasteiger partial charge in [-0.15, -0.1) is 0 Å². The van der Waals surface area contributed by atoms with Crippen LogP contribution in [0.15, 0.2) is 73.2 Å². The van der Waals surface area contributed by atoms with Gasteiger partial charge in [-0.05, 0) is 48.9 Å². The van der Waals surface area contributed by atoms with Crippen LogP contribution in [0.4, 0.5) is 22.1 Å². The van der Waals surface area contributed by atoms with Crippen molar-refractivity contribution in [2.75, 3.05) is 22.5 Å². The highest BCUT2D eigenvalue weighted by molar-refractivity contribution is 6.30. The van der Waals surface area contributed by atoms with E-state index in [-0.39, 0.29) is 6.03 Å². The molecule has 4 aromatic rings. The number of nitrogens with zero attached hydrogens (tertiary/aromatic N) is 4. The van der Waals surface area contributed by atoms with Crippen LogP contribution in [-0.2, 0) is 6.42 Å². The number of urea groups is 1. The lowest BCUT2D eigenvalue weighted by molar-refractivity contribution is 0.208. The lowest BCUT2D eigenvalue weighted by Crippen LogP contribution is -2.19. The SMILES string of the molecule is C[C@H](O)CNc1nccc(-n2ccnc2Cc2cccc(NC(=O)Nc3cccc(Cl)c3)c2)n1. The Labute approximate surface area is 201 Å². The van der Waals surface area contributed by atoms with E-state index in [1.165, 1.54) is 0 Å². The highest BCUT2D eigenvalue weighted by Gasteiger charge is 2.10. The molecule has 0 aliphatic rings. The van der Waals surface area contributed by atoms with Gasteiger partial charge >= 0.3 is 6.03 Å². The Bertz CT molecular complexity index is 1280. The third-order valence-electron chi connectivity index (χ3n) is 4.79. The molecule has 0 unspecified atom stereocenters. The number of rotatable bonds is 8. The zero-order valence-corrected chi connectivity index (χ0v) is 19.2. The topological polar surface area (TPSA) is 117 Å². The van der Waals surface area contributed by atoms with Crippen LogP contribution in [0.5, 0.6) is 0 Å². The van der Waals surface area contributed by atoms with Gasteiger partial charge in [0, 0.05) is 48.0 Å². The number of aromatic nitrogens is 4. The van der Waals surface area contributed by atoms with Gasteiger partial charge in [0.2, 0.25) is 5.95 Å². The molecule has 0 fully saturated rings. The molecular formula is C24H24ClN7O2. The first kappa shape index (κ1) is 23.2. The Morgan fingerprint density at radius 3 is 2.59 bits per heavy atom. The molecule has 2 aromatic heterocycles. The fraction of sp³-hybridized carbons (Fsp3) is 0.167. The molecule has 0 saturated heterocycles. The lowest BCUT2D eigenvalue weighted by atomic mass is 10.1. The van der Waals surface area contributed by atoms with Gasteiger partial charge in [-0.3, -0.25) is 4.57 Å². The highest BCUT2D eigenvalue weighted by atomic mass is 35.5. The van der Waals surface area contributed by atoms with Crippen LogP contribution in [0.3, 0.4) is 0 Å². The summed E-state index contributed by atoms with van der Waals surface area (Å²) in [5.41, 5.74) is 2.23. The zero-order chi connectivity index (χ0) is 23.9. The fourth-order valence-corrected chi connectivity index (χ4v) is 3.47. The third-order valence-corrected chi connectivity index (χ3v) is 5.03. The van der Waals surface area contributed by atoms with Crippen LogP contribution in [0, 0.1) is 0 Å². The van der Waals surface area contributed by atoms with E-state index >= 15 is 0 Å². The van der Waals surface area contributed by atoms with E-state index in [1.54, 1.807) is 49.6 Å². The molecule has 0 spiro atoms. The summed E-state index contributed by atoms with van der Waals surface area (Å²) in [6.45, 7) is 2.04. The van der Waals surface area contributed by atoms with E-state index in [2.05, 4.69) is 30.9 Å². The van der Waals surface area contributed by atoms with Crippen molar-refractivity contribution in [1.82, 2.24) is 19.5 Å². The molecule has 10 heteroatoms. The van der Waals surface area contributed by atoms with Gasteiger partial charge in [-0.2, -0.15) is 4.98 Å². The second kappa shape index (κ2) is 10.8. The second-order valence-electron chi connectivity index (χ2n) is 7.65. The molecule has 0 saturated carbocycles. The standard InChI is InChI=1S/C24H24ClN7O2/c1-16(33)15-28-23-27-9-8-21(31-23)32-11-10-26-22(32)13-17-4-2-6-19(12-17)29-24(34)30-20-7-3-5-18(25)14-20/h2-12,14,16,33H,13,15H2,1H3,(H,27,28,31)(H2,29,30,34)/t16-/m0/s1. The van der Waals surface area contributed by atoms with Crippen LogP contribution in [-0.4, -0.2) is 43.3 Å². The largest absolute Gasteiger partial charge is 0.392 e. The summed E-state index contributed by atoms with van der Waals surface area (Å²) in [7, 11) is 0. The Kier molecular flexibility index (Phi) is 7.36. The van der Waals surface area contributed by atoms with Crippen LogP contribution in [0.2, 0.25) is 5.02 Å². The van der Waals surface area contributed by atoms with Gasteiger partial charge in [0.1, 0.15) is 11.6 Å². The molecule has 0 aliphatic heterocycles. The molecule has 0 radical (unpaired) electrons. The summed E-state index contributed by atoms with van der Waals surface area (Å²) >= 11 is 5.97. The van der Waals surface area contributed by atoms with Gasteiger partial charge in [0.25, 0.3) is 0 Å². The molecule has 4 rings (SSSR count). The third kappa shape index (κ3) is 6.31. The lowest BCUT2D eigenvalue weighted by Gasteiger charge is -2.11. The number of imidazole rings is 1. The number of hydrogen-bond acceptors (Lipinski definition) is 6. The monoisotopic (exact) mass is 477 g/mol. The molecule has 2 heterocycles. The van der Waals surface area contributed by atoms with E-state index in [9.17, 15) is 9.90 Å². The average molecular weight is 478 g/mol. The number of carbonyl (C=O) groups is 1. The van der Waals surface area contributed by atoms with Crippen molar-refractivity contribution in [3.05, 3.63) is 89.6 Å². The Morgan fingerprint density at radius 2 is 1.82 bits per heavy atom. The summed E-state index contributed by atoms with van der Waals surface area (Å²) in [5.74, 6) is 1.86. The van der Waals surface area contributed by atoms with Crippen LogP contribution in [0.1, 0.15) is 18.3 Å². The Balaban J connectivity index is 1.45. The van der Waals surface area contributed by atoms with E-state index < -0.39 is 6.10 Å². The number of halogens is 1. The van der Waals surface area contributed by atoms with Gasteiger partial charge < -0.3 is 21.1 Å². The van der Waals surface area contributed by atoms with E-state index in [4.69, 9.17) is 11.6 Å². The maximum absolute atomic E-state index is 12.4. The molecular weight excluding hydrogens is 454 g/mol. The number of anilines is 3. The van der Waals surface area contributed by atoms with E-state index in [0.717, 1.165) is 11.4 Å². The minimum absolute atomic E-state index is 0.352. The predicted octanol–water partition coefficient (Wildman–Crippen LogP) is 4.34. The van der Waals surface area contributed by atoms with Crippen molar-refractivity contribution in [3.63, 3.8) is 0 Å². The summed E-state index contributed by atoms with van der Waals surface area (Å²) in [4.78, 5) is 25.5. The molecule has 0 bridgehead atoms. The maximum Gasteiger partial charge on any atom is 0.323 e. The molecule has 4 N–H and O–H groups in total. The average Bonchev–Trinajstić information content (AvgIpc) is 3.26. The van der Waals surface area contributed by atoms with Gasteiger partial charge in [0.15, 0.2) is 0 Å². The minimum Gasteiger partial charge on any atom is -0.392 e. The summed E-state index contributed by atoms with van der Waals surface area (Å²) in [6.07, 6.45) is 5.21. The first-order valence-electron chi connectivity index (χ1n) is 10.7. The fourth-order valence-electron chi connectivity index (χ4n) is 3.28. The number of benzene rings is 2. The number of hydrogen-bond donors (Lipinski definition) is 4. The summed E-state index contributed by atoms with van der Waals surface area (Å²) < 4.78 is 1.88. The minimum atomic E-state index is -0.510. The summed E-state index contributed by atoms with van der Waals surface area (Å²) in [6, 6.07) is 15.9. The molecule has 9 nitrogen and oxygen atoms in total. The number of amides is 2. The highest BCUT2D eigenvalue weighted by Crippen LogP contribution is 2.18. The van der Waals surface area contributed by atoms with Crippen molar-refractivity contribution in [3.8, 4) is 5.82 Å². The molecule has 0 aliphatic carbocycles. The van der Waals surface area contributed by atoms with Crippen LogP contribution >= 0.6 is 11.6 Å². The van der Waals surface area contributed by atoms with Crippen molar-refractivity contribution >= 4 is 35.0 Å². The number of aliphatic hydroxyl groups excluding tert-OH is 1. The molecule has 1 atom stereocenters. The zero-order valence-electron chi connectivity index (χ0n) is 18.4. The smallest absolute Gasteiger partial charge is 0.323 e. The predicted molar refractivity (Wildman–Crippen MR) is 133 cm³/mol. The second-order valence-corrected chi connectivity index (χ2v) is 8.08. The van der Waals surface area contributed by atoms with Crippen LogP contribution < -0.4 is 16.0 Å². The van der Waals surface area contributed by atoms with Gasteiger partial charge in [-0.25, -0.2) is 14.8 Å². The first-order valence-corrected chi connectivity index (χ1v) is 11.0. The molecule has 174 valence electrons. The normalized spacial score (nSPS) is 11.6. The van der Waals surface area contributed by atoms with Gasteiger partial charge in [0.05, 0.1) is 6.10 Å². The Hall–Kier alpha value is -3.95. The number of aliphatic hydroxyl groups is 1. The van der Waals surface area contributed by atoms with Crippen molar-refractivity contribution in [2.24, 2.45) is 0 Å². The summed E-state index contributed by atoms with van der Waals surface area (Å²) in [5, 5.41) is 18.6. The molecule has 2 aromatic carbocycles. The quantitative estimate of drug-likeness (QED) is 0.300. The molecule has 34 heavy (non-hydrogen) atoms. The van der Waals surface area contributed by atoms with E-state index in [1.807, 2.05) is 35.0 Å². The number of nitrogens with one attached hydrogen (secondary N) is 3.